The van der Waals surface area contributed by atoms with Crippen LogP contribution in [0, 0.1) is 6.92 Å². The lowest BCUT2D eigenvalue weighted by molar-refractivity contribution is 0.0697. The first-order valence-corrected chi connectivity index (χ1v) is 7.64. The number of carbonyl (C=O) groups is 1. The summed E-state index contributed by atoms with van der Waals surface area (Å²) in [6, 6.07) is 5.03. The van der Waals surface area contributed by atoms with Gasteiger partial charge in [-0.05, 0) is 38.3 Å². The SMILES string of the molecule is CSC(CO)C(C)n1c(C)nc2cc(C(=O)O)ccc21. The molecule has 0 radical (unpaired) electrons. The van der Waals surface area contributed by atoms with E-state index in [4.69, 9.17) is 5.11 Å². The maximum Gasteiger partial charge on any atom is 0.335 e. The summed E-state index contributed by atoms with van der Waals surface area (Å²) in [5.41, 5.74) is 1.80. The monoisotopic (exact) mass is 294 g/mol. The van der Waals surface area contributed by atoms with Crippen LogP contribution in [0.1, 0.15) is 29.1 Å². The summed E-state index contributed by atoms with van der Waals surface area (Å²) in [4.78, 5) is 15.4. The van der Waals surface area contributed by atoms with Gasteiger partial charge in [0.15, 0.2) is 0 Å². The van der Waals surface area contributed by atoms with Crippen LogP contribution in [0.25, 0.3) is 11.0 Å². The van der Waals surface area contributed by atoms with E-state index in [0.717, 1.165) is 11.3 Å². The third kappa shape index (κ3) is 2.53. The van der Waals surface area contributed by atoms with Gasteiger partial charge >= 0.3 is 5.97 Å². The predicted molar refractivity (Wildman–Crippen MR) is 80.5 cm³/mol. The highest BCUT2D eigenvalue weighted by Gasteiger charge is 2.21. The number of hydrogen-bond acceptors (Lipinski definition) is 4. The third-order valence-electron chi connectivity index (χ3n) is 3.54. The van der Waals surface area contributed by atoms with Crippen molar-refractivity contribution >= 4 is 28.8 Å². The summed E-state index contributed by atoms with van der Waals surface area (Å²) < 4.78 is 2.05. The quantitative estimate of drug-likeness (QED) is 0.885. The molecular formula is C14H18N2O3S. The highest BCUT2D eigenvalue weighted by atomic mass is 32.2. The molecule has 0 saturated heterocycles. The van der Waals surface area contributed by atoms with Crippen molar-refractivity contribution < 1.29 is 15.0 Å². The zero-order valence-electron chi connectivity index (χ0n) is 11.7. The van der Waals surface area contributed by atoms with Crippen LogP contribution in [0.4, 0.5) is 0 Å². The largest absolute Gasteiger partial charge is 0.478 e. The Balaban J connectivity index is 2.54. The highest BCUT2D eigenvalue weighted by molar-refractivity contribution is 7.99. The van der Waals surface area contributed by atoms with Crippen molar-refractivity contribution in [1.29, 1.82) is 0 Å². The second-order valence-electron chi connectivity index (χ2n) is 4.73. The number of carboxylic acid groups (broad SMARTS) is 1. The lowest BCUT2D eigenvalue weighted by atomic mass is 10.2. The van der Waals surface area contributed by atoms with Crippen LogP contribution in [0.15, 0.2) is 18.2 Å². The topological polar surface area (TPSA) is 75.3 Å². The number of nitrogens with zero attached hydrogens (tertiary/aromatic N) is 2. The average Bonchev–Trinajstić information content (AvgIpc) is 2.74. The fourth-order valence-electron chi connectivity index (χ4n) is 2.46. The van der Waals surface area contributed by atoms with Gasteiger partial charge < -0.3 is 14.8 Å². The van der Waals surface area contributed by atoms with Crippen molar-refractivity contribution in [3.05, 3.63) is 29.6 Å². The Hall–Kier alpha value is -1.53. The van der Waals surface area contributed by atoms with Gasteiger partial charge in [-0.3, -0.25) is 0 Å². The van der Waals surface area contributed by atoms with Gasteiger partial charge in [0.05, 0.1) is 23.2 Å². The molecule has 5 nitrogen and oxygen atoms in total. The fourth-order valence-corrected chi connectivity index (χ4v) is 3.12. The van der Waals surface area contributed by atoms with Crippen LogP contribution in [0.5, 0.6) is 0 Å². The van der Waals surface area contributed by atoms with Gasteiger partial charge in [-0.25, -0.2) is 9.78 Å². The third-order valence-corrected chi connectivity index (χ3v) is 4.69. The molecular weight excluding hydrogens is 276 g/mol. The molecule has 2 atom stereocenters. The number of aryl methyl sites for hydroxylation is 1. The standard InChI is InChI=1S/C14H18N2O3S/c1-8(13(7-17)20-3)16-9(2)15-11-6-10(14(18)19)4-5-12(11)16/h4-6,8,13,17H,7H2,1-3H3,(H,18,19). The van der Waals surface area contributed by atoms with Gasteiger partial charge in [-0.1, -0.05) is 0 Å². The molecule has 1 aromatic carbocycles. The molecule has 2 unspecified atom stereocenters. The average molecular weight is 294 g/mol. The van der Waals surface area contributed by atoms with E-state index in [1.807, 2.05) is 20.1 Å². The maximum absolute atomic E-state index is 11.0. The van der Waals surface area contributed by atoms with E-state index in [1.165, 1.54) is 0 Å². The Morgan fingerprint density at radius 2 is 2.20 bits per heavy atom. The maximum atomic E-state index is 11.0. The minimum atomic E-state index is -0.954. The minimum Gasteiger partial charge on any atom is -0.478 e. The van der Waals surface area contributed by atoms with Crippen molar-refractivity contribution in [3.8, 4) is 0 Å². The summed E-state index contributed by atoms with van der Waals surface area (Å²) in [5.74, 6) is -0.132. The smallest absolute Gasteiger partial charge is 0.335 e. The Kier molecular flexibility index (Phi) is 4.35. The van der Waals surface area contributed by atoms with Gasteiger partial charge in [0.25, 0.3) is 0 Å². The lowest BCUT2D eigenvalue weighted by Gasteiger charge is -2.23. The number of fused-ring (bicyclic) bond motifs is 1. The Morgan fingerprint density at radius 3 is 2.75 bits per heavy atom. The molecule has 0 aliphatic heterocycles. The zero-order chi connectivity index (χ0) is 14.9. The number of imidazole rings is 1. The molecule has 0 spiro atoms. The van der Waals surface area contributed by atoms with Crippen LogP contribution < -0.4 is 0 Å². The van der Waals surface area contributed by atoms with Gasteiger partial charge in [0, 0.05) is 11.3 Å². The summed E-state index contributed by atoms with van der Waals surface area (Å²) in [6.45, 7) is 4.02. The number of aromatic nitrogens is 2. The molecule has 0 bridgehead atoms. The van der Waals surface area contributed by atoms with E-state index in [2.05, 4.69) is 9.55 Å². The van der Waals surface area contributed by atoms with Gasteiger partial charge in [0.1, 0.15) is 5.82 Å². The normalized spacial score (nSPS) is 14.4. The molecule has 0 fully saturated rings. The van der Waals surface area contributed by atoms with Crippen molar-refractivity contribution in [2.75, 3.05) is 12.9 Å². The molecule has 0 saturated carbocycles. The summed E-state index contributed by atoms with van der Waals surface area (Å²) in [6.07, 6.45) is 1.97. The Labute approximate surface area is 121 Å². The van der Waals surface area contributed by atoms with Gasteiger partial charge in [-0.15, -0.1) is 0 Å². The molecule has 1 heterocycles. The van der Waals surface area contributed by atoms with Crippen molar-refractivity contribution in [1.82, 2.24) is 9.55 Å². The van der Waals surface area contributed by atoms with Crippen molar-refractivity contribution in [2.24, 2.45) is 0 Å². The van der Waals surface area contributed by atoms with E-state index < -0.39 is 5.97 Å². The first-order valence-electron chi connectivity index (χ1n) is 6.35. The van der Waals surface area contributed by atoms with Crippen LogP contribution in [0.2, 0.25) is 0 Å². The number of aliphatic hydroxyl groups is 1. The number of carboxylic acids is 1. The predicted octanol–water partition coefficient (Wildman–Crippen LogP) is 2.33. The minimum absolute atomic E-state index is 0.0743. The number of hydrogen-bond donors (Lipinski definition) is 2. The molecule has 6 heteroatoms. The molecule has 20 heavy (non-hydrogen) atoms. The Morgan fingerprint density at radius 1 is 1.50 bits per heavy atom. The fraction of sp³-hybridized carbons (Fsp3) is 0.429. The van der Waals surface area contributed by atoms with Crippen molar-refractivity contribution in [2.45, 2.75) is 25.1 Å². The second-order valence-corrected chi connectivity index (χ2v) is 5.81. The first kappa shape index (κ1) is 14.9. The van der Waals surface area contributed by atoms with Crippen molar-refractivity contribution in [3.63, 3.8) is 0 Å². The number of benzene rings is 1. The van der Waals surface area contributed by atoms with E-state index in [9.17, 15) is 9.90 Å². The van der Waals surface area contributed by atoms with E-state index in [-0.39, 0.29) is 23.5 Å². The van der Waals surface area contributed by atoms with E-state index in [0.29, 0.717) is 5.52 Å². The highest BCUT2D eigenvalue weighted by Crippen LogP contribution is 2.28. The van der Waals surface area contributed by atoms with Crippen LogP contribution in [-0.4, -0.2) is 43.8 Å². The second kappa shape index (κ2) is 5.85. The number of aliphatic hydroxyl groups excluding tert-OH is 1. The summed E-state index contributed by atoms with van der Waals surface area (Å²) in [5, 5.41) is 18.5. The summed E-state index contributed by atoms with van der Waals surface area (Å²) in [7, 11) is 0. The van der Waals surface area contributed by atoms with Crippen LogP contribution >= 0.6 is 11.8 Å². The molecule has 1 aromatic heterocycles. The molecule has 0 aliphatic rings. The Bertz CT molecular complexity index is 635. The van der Waals surface area contributed by atoms with Gasteiger partial charge in [-0.2, -0.15) is 11.8 Å². The number of rotatable bonds is 5. The molecule has 0 amide bonds. The molecule has 108 valence electrons. The first-order chi connectivity index (χ1) is 9.49. The zero-order valence-corrected chi connectivity index (χ0v) is 12.5. The number of aromatic carboxylic acids is 1. The lowest BCUT2D eigenvalue weighted by Crippen LogP contribution is -2.23. The number of thioether (sulfide) groups is 1. The van der Waals surface area contributed by atoms with E-state index >= 15 is 0 Å². The molecule has 2 rings (SSSR count). The van der Waals surface area contributed by atoms with Crippen LogP contribution in [-0.2, 0) is 0 Å². The molecule has 2 N–H and O–H groups in total. The molecule has 0 aliphatic carbocycles. The summed E-state index contributed by atoms with van der Waals surface area (Å²) >= 11 is 1.61. The van der Waals surface area contributed by atoms with Crippen LogP contribution in [0.3, 0.4) is 0 Å². The van der Waals surface area contributed by atoms with E-state index in [1.54, 1.807) is 30.0 Å². The molecule has 2 aromatic rings. The van der Waals surface area contributed by atoms with Gasteiger partial charge in [0.2, 0.25) is 0 Å².